The highest BCUT2D eigenvalue weighted by Gasteiger charge is 2.43. The van der Waals surface area contributed by atoms with Crippen LogP contribution in [0, 0.1) is 23.5 Å². The second kappa shape index (κ2) is 11.3. The van der Waals surface area contributed by atoms with Crippen LogP contribution in [0.15, 0.2) is 48.5 Å². The second-order valence-electron chi connectivity index (χ2n) is 10.8. The van der Waals surface area contributed by atoms with Crippen molar-refractivity contribution in [3.05, 3.63) is 65.7 Å². The van der Waals surface area contributed by atoms with E-state index in [9.17, 15) is 27.6 Å². The maximum Gasteiger partial charge on any atom is 0.415 e. The summed E-state index contributed by atoms with van der Waals surface area (Å²) in [7, 11) is 1.59. The molecule has 39 heavy (non-hydrogen) atoms. The van der Waals surface area contributed by atoms with Crippen LogP contribution in [0.4, 0.5) is 18.0 Å². The first-order valence-corrected chi connectivity index (χ1v) is 13.4. The van der Waals surface area contributed by atoms with E-state index in [0.717, 1.165) is 5.56 Å². The van der Waals surface area contributed by atoms with Gasteiger partial charge in [0.2, 0.25) is 11.8 Å². The van der Waals surface area contributed by atoms with Crippen LogP contribution in [0.5, 0.6) is 5.75 Å². The maximum absolute atomic E-state index is 13.6. The molecule has 0 radical (unpaired) electrons. The van der Waals surface area contributed by atoms with Crippen LogP contribution in [0.25, 0.3) is 0 Å². The fraction of sp³-hybridized carbons (Fsp3) is 0.483. The van der Waals surface area contributed by atoms with Gasteiger partial charge in [-0.1, -0.05) is 12.1 Å². The number of amides is 3. The number of carbonyl (C=O) groups is 3. The molecule has 2 unspecified atom stereocenters. The lowest BCUT2D eigenvalue weighted by Gasteiger charge is -2.38. The van der Waals surface area contributed by atoms with Crippen LogP contribution in [0.2, 0.25) is 0 Å². The van der Waals surface area contributed by atoms with Gasteiger partial charge in [-0.05, 0) is 67.6 Å². The van der Waals surface area contributed by atoms with Crippen LogP contribution < -0.4 is 4.74 Å². The third-order valence-electron chi connectivity index (χ3n) is 8.29. The highest BCUT2D eigenvalue weighted by molar-refractivity contribution is 5.82. The minimum Gasteiger partial charge on any atom is -0.410 e. The Morgan fingerprint density at radius 1 is 0.821 bits per heavy atom. The number of halogens is 3. The van der Waals surface area contributed by atoms with Gasteiger partial charge < -0.3 is 19.4 Å². The van der Waals surface area contributed by atoms with Crippen molar-refractivity contribution in [2.24, 2.45) is 11.8 Å². The molecular formula is C29H32F3N3O4. The Morgan fingerprint density at radius 3 is 1.97 bits per heavy atom. The van der Waals surface area contributed by atoms with E-state index in [2.05, 4.69) is 0 Å². The first-order chi connectivity index (χ1) is 18.7. The van der Waals surface area contributed by atoms with E-state index in [0.29, 0.717) is 32.5 Å². The van der Waals surface area contributed by atoms with Gasteiger partial charge in [-0.2, -0.15) is 0 Å². The molecule has 2 aromatic rings. The Labute approximate surface area is 225 Å². The number of likely N-dealkylation sites (N-methyl/N-ethyl adjacent to an activating group) is 1. The molecule has 1 saturated carbocycles. The Morgan fingerprint density at radius 2 is 1.38 bits per heavy atom. The molecule has 10 heteroatoms. The summed E-state index contributed by atoms with van der Waals surface area (Å²) in [6, 6.07) is 10.7. The van der Waals surface area contributed by atoms with Gasteiger partial charge in [0.25, 0.3) is 0 Å². The normalized spacial score (nSPS) is 25.2. The highest BCUT2D eigenvalue weighted by atomic mass is 19.1. The standard InChI is InChI=1S/C29H32F3N3O4/c1-33(29(38)39-24-8-6-22(31)7-9-24)26-17-35(16-25(26)18-2-4-21(30)5-3-18)27(36)19-10-12-34(13-11-19)28(37)20-14-23(32)15-20/h2-9,19-20,23,25-26H,10-17H2,1H3. The van der Waals surface area contributed by atoms with Gasteiger partial charge in [-0.3, -0.25) is 9.59 Å². The van der Waals surface area contributed by atoms with Crippen molar-refractivity contribution in [2.75, 3.05) is 33.2 Å². The van der Waals surface area contributed by atoms with Crippen molar-refractivity contribution in [1.29, 1.82) is 0 Å². The van der Waals surface area contributed by atoms with Crippen molar-refractivity contribution >= 4 is 17.9 Å². The van der Waals surface area contributed by atoms with Gasteiger partial charge in [0, 0.05) is 51.0 Å². The van der Waals surface area contributed by atoms with Gasteiger partial charge in [0.1, 0.15) is 23.6 Å². The van der Waals surface area contributed by atoms with Crippen molar-refractivity contribution in [2.45, 2.75) is 43.8 Å². The molecule has 3 amide bonds. The molecule has 7 nitrogen and oxygen atoms in total. The number of ether oxygens (including phenoxy) is 1. The fourth-order valence-electron chi connectivity index (χ4n) is 5.82. The Bertz CT molecular complexity index is 1200. The average Bonchev–Trinajstić information content (AvgIpc) is 3.37. The summed E-state index contributed by atoms with van der Waals surface area (Å²) in [5.74, 6) is -1.46. The van der Waals surface area contributed by atoms with Gasteiger partial charge in [-0.15, -0.1) is 0 Å². The zero-order chi connectivity index (χ0) is 27.7. The van der Waals surface area contributed by atoms with Gasteiger partial charge >= 0.3 is 6.09 Å². The molecule has 2 aromatic carbocycles. The summed E-state index contributed by atoms with van der Waals surface area (Å²) in [4.78, 5) is 44.0. The lowest BCUT2D eigenvalue weighted by molar-refractivity contribution is -0.145. The third-order valence-corrected chi connectivity index (χ3v) is 8.29. The quantitative estimate of drug-likeness (QED) is 0.562. The van der Waals surface area contributed by atoms with Gasteiger partial charge in [-0.25, -0.2) is 18.0 Å². The van der Waals surface area contributed by atoms with Crippen LogP contribution in [-0.4, -0.2) is 78.0 Å². The fourth-order valence-corrected chi connectivity index (χ4v) is 5.82. The summed E-state index contributed by atoms with van der Waals surface area (Å²) in [6.07, 6.45) is 0.0962. The van der Waals surface area contributed by atoms with Crippen LogP contribution >= 0.6 is 0 Å². The number of likely N-dealkylation sites (tertiary alicyclic amines) is 2. The summed E-state index contributed by atoms with van der Waals surface area (Å²) in [5.41, 5.74) is 0.796. The third kappa shape index (κ3) is 5.89. The first kappa shape index (κ1) is 27.0. The molecule has 2 aliphatic heterocycles. The Kier molecular flexibility index (Phi) is 7.81. The molecule has 0 aromatic heterocycles. The summed E-state index contributed by atoms with van der Waals surface area (Å²) >= 11 is 0. The molecule has 1 aliphatic carbocycles. The topological polar surface area (TPSA) is 70.2 Å². The Balaban J connectivity index is 1.25. The number of benzene rings is 2. The monoisotopic (exact) mass is 543 g/mol. The number of piperidine rings is 1. The summed E-state index contributed by atoms with van der Waals surface area (Å²) in [6.45, 7) is 1.55. The Hall–Kier alpha value is -3.56. The van der Waals surface area contributed by atoms with E-state index in [1.165, 1.54) is 41.3 Å². The first-order valence-electron chi connectivity index (χ1n) is 13.4. The van der Waals surface area contributed by atoms with Crippen molar-refractivity contribution in [3.8, 4) is 5.75 Å². The predicted molar refractivity (Wildman–Crippen MR) is 137 cm³/mol. The number of nitrogens with zero attached hydrogens (tertiary/aromatic N) is 3. The SMILES string of the molecule is CN(C(=O)Oc1ccc(F)cc1)C1CN(C(=O)C2CCN(C(=O)C3CC(F)C3)CC2)CC1c1ccc(F)cc1. The lowest BCUT2D eigenvalue weighted by atomic mass is 9.82. The molecule has 3 aliphatic rings. The molecule has 3 fully saturated rings. The predicted octanol–water partition coefficient (Wildman–Crippen LogP) is 4.38. The van der Waals surface area contributed by atoms with Crippen molar-refractivity contribution in [1.82, 2.24) is 14.7 Å². The maximum atomic E-state index is 13.6. The second-order valence-corrected chi connectivity index (χ2v) is 10.8. The van der Waals surface area contributed by atoms with Crippen LogP contribution in [0.3, 0.4) is 0 Å². The molecule has 2 atom stereocenters. The zero-order valence-electron chi connectivity index (χ0n) is 21.8. The smallest absolute Gasteiger partial charge is 0.410 e. The minimum atomic E-state index is -0.888. The number of carbonyl (C=O) groups excluding carboxylic acids is 3. The van der Waals surface area contributed by atoms with E-state index < -0.39 is 24.1 Å². The van der Waals surface area contributed by atoms with E-state index in [-0.39, 0.29) is 60.5 Å². The molecule has 0 spiro atoms. The van der Waals surface area contributed by atoms with Gasteiger partial charge in [0.15, 0.2) is 0 Å². The zero-order valence-corrected chi connectivity index (χ0v) is 21.8. The number of hydrogen-bond acceptors (Lipinski definition) is 4. The molecular weight excluding hydrogens is 511 g/mol. The van der Waals surface area contributed by atoms with Crippen molar-refractivity contribution in [3.63, 3.8) is 0 Å². The average molecular weight is 544 g/mol. The minimum absolute atomic E-state index is 0.0197. The molecule has 2 heterocycles. The molecule has 5 rings (SSSR count). The molecule has 208 valence electrons. The molecule has 0 bridgehead atoms. The summed E-state index contributed by atoms with van der Waals surface area (Å²) in [5, 5.41) is 0. The molecule has 2 saturated heterocycles. The van der Waals surface area contributed by atoms with Gasteiger partial charge in [0.05, 0.1) is 6.04 Å². The van der Waals surface area contributed by atoms with E-state index in [1.807, 2.05) is 0 Å². The van der Waals surface area contributed by atoms with Crippen LogP contribution in [0.1, 0.15) is 37.2 Å². The largest absolute Gasteiger partial charge is 0.415 e. The van der Waals surface area contributed by atoms with E-state index in [4.69, 9.17) is 4.74 Å². The van der Waals surface area contributed by atoms with Crippen molar-refractivity contribution < 1.29 is 32.3 Å². The summed E-state index contributed by atoms with van der Waals surface area (Å²) < 4.78 is 45.5. The van der Waals surface area contributed by atoms with E-state index in [1.54, 1.807) is 29.0 Å². The molecule has 0 N–H and O–H groups in total. The van der Waals surface area contributed by atoms with E-state index >= 15 is 0 Å². The highest BCUT2D eigenvalue weighted by Crippen LogP contribution is 2.35. The number of rotatable bonds is 5. The lowest BCUT2D eigenvalue weighted by Crippen LogP contribution is -2.48. The number of alkyl halides is 1. The van der Waals surface area contributed by atoms with Crippen LogP contribution in [-0.2, 0) is 9.59 Å². The number of hydrogen-bond donors (Lipinski definition) is 0.